The van der Waals surface area contributed by atoms with Gasteiger partial charge in [-0.05, 0) is 42.8 Å². The van der Waals surface area contributed by atoms with Crippen LogP contribution < -0.4 is 5.32 Å². The summed E-state index contributed by atoms with van der Waals surface area (Å²) in [6, 6.07) is 7.37. The molecule has 1 aliphatic carbocycles. The van der Waals surface area contributed by atoms with Gasteiger partial charge in [0.1, 0.15) is 11.2 Å². The average molecular weight is 352 g/mol. The number of nitrogens with one attached hydrogen (secondary N) is 1. The van der Waals surface area contributed by atoms with Gasteiger partial charge in [0.15, 0.2) is 0 Å². The maximum Gasteiger partial charge on any atom is 0.325 e. The SMILES string of the molecule is O=C1N[C@@]2(CCCc3sccc32)C(=O)N1Cc1cn2ccccc2n1. The van der Waals surface area contributed by atoms with Crippen molar-refractivity contribution in [3.05, 3.63) is 58.2 Å². The summed E-state index contributed by atoms with van der Waals surface area (Å²) in [6.07, 6.45) is 6.30. The zero-order valence-electron chi connectivity index (χ0n) is 13.4. The molecule has 0 radical (unpaired) electrons. The Morgan fingerprint density at radius 3 is 3.08 bits per heavy atom. The van der Waals surface area contributed by atoms with E-state index >= 15 is 0 Å². The van der Waals surface area contributed by atoms with Crippen LogP contribution in [0.3, 0.4) is 0 Å². The number of urea groups is 1. The highest BCUT2D eigenvalue weighted by Gasteiger charge is 2.54. The van der Waals surface area contributed by atoms with Crippen LogP contribution in [0.25, 0.3) is 5.65 Å². The molecule has 1 atom stereocenters. The predicted octanol–water partition coefficient (Wildman–Crippen LogP) is 2.68. The van der Waals surface area contributed by atoms with Gasteiger partial charge >= 0.3 is 6.03 Å². The van der Waals surface area contributed by atoms with E-state index in [9.17, 15) is 9.59 Å². The van der Waals surface area contributed by atoms with Crippen molar-refractivity contribution in [3.63, 3.8) is 0 Å². The van der Waals surface area contributed by atoms with E-state index in [2.05, 4.69) is 10.3 Å². The number of pyridine rings is 1. The molecule has 0 unspecified atom stereocenters. The van der Waals surface area contributed by atoms with Crippen LogP contribution >= 0.6 is 11.3 Å². The molecular formula is C18H16N4O2S. The first-order valence-electron chi connectivity index (χ1n) is 8.31. The Morgan fingerprint density at radius 1 is 1.28 bits per heavy atom. The normalized spacial score (nSPS) is 22.6. The lowest BCUT2D eigenvalue weighted by molar-refractivity contribution is -0.132. The fraction of sp³-hybridized carbons (Fsp3) is 0.278. The lowest BCUT2D eigenvalue weighted by Crippen LogP contribution is -2.46. The first-order valence-corrected chi connectivity index (χ1v) is 9.19. The van der Waals surface area contributed by atoms with Crippen molar-refractivity contribution in [2.75, 3.05) is 0 Å². The van der Waals surface area contributed by atoms with Crippen molar-refractivity contribution in [2.24, 2.45) is 0 Å². The Bertz CT molecular complexity index is 974. The topological polar surface area (TPSA) is 66.7 Å². The number of hydrogen-bond donors (Lipinski definition) is 1. The molecule has 1 saturated heterocycles. The maximum absolute atomic E-state index is 13.2. The molecule has 1 fully saturated rings. The fourth-order valence-corrected chi connectivity index (χ4v) is 4.91. The van der Waals surface area contributed by atoms with E-state index in [0.717, 1.165) is 24.1 Å². The lowest BCUT2D eigenvalue weighted by atomic mass is 9.80. The minimum absolute atomic E-state index is 0.158. The third-order valence-corrected chi connectivity index (χ3v) is 6.05. The Balaban J connectivity index is 1.50. The summed E-state index contributed by atoms with van der Waals surface area (Å²) >= 11 is 1.66. The van der Waals surface area contributed by atoms with Gasteiger partial charge in [-0.2, -0.15) is 0 Å². The Morgan fingerprint density at radius 2 is 2.20 bits per heavy atom. The monoisotopic (exact) mass is 352 g/mol. The van der Waals surface area contributed by atoms with Crippen molar-refractivity contribution >= 4 is 28.9 Å². The van der Waals surface area contributed by atoms with Crippen LogP contribution in [0.1, 0.15) is 29.0 Å². The van der Waals surface area contributed by atoms with Crippen molar-refractivity contribution in [1.82, 2.24) is 19.6 Å². The third-order valence-electron chi connectivity index (χ3n) is 5.07. The average Bonchev–Trinajstić information content (AvgIpc) is 3.29. The van der Waals surface area contributed by atoms with Crippen LogP contribution in [0.15, 0.2) is 42.0 Å². The molecule has 0 bridgehead atoms. The van der Waals surface area contributed by atoms with Crippen molar-refractivity contribution in [3.8, 4) is 0 Å². The highest BCUT2D eigenvalue weighted by atomic mass is 32.1. The van der Waals surface area contributed by atoms with E-state index in [1.54, 1.807) is 11.3 Å². The van der Waals surface area contributed by atoms with Crippen LogP contribution in [0.4, 0.5) is 4.79 Å². The highest BCUT2D eigenvalue weighted by molar-refractivity contribution is 7.10. The van der Waals surface area contributed by atoms with Crippen molar-refractivity contribution < 1.29 is 9.59 Å². The maximum atomic E-state index is 13.2. The molecule has 0 saturated carbocycles. The molecule has 5 rings (SSSR count). The molecule has 2 aliphatic rings. The fourth-order valence-electron chi connectivity index (χ4n) is 3.91. The number of imide groups is 1. The number of amides is 3. The summed E-state index contributed by atoms with van der Waals surface area (Å²) < 4.78 is 1.89. The van der Waals surface area contributed by atoms with Gasteiger partial charge in [0.2, 0.25) is 0 Å². The summed E-state index contributed by atoms with van der Waals surface area (Å²) in [6.45, 7) is 0.188. The smallest absolute Gasteiger partial charge is 0.319 e. The van der Waals surface area contributed by atoms with Crippen LogP contribution in [-0.2, 0) is 23.3 Å². The molecule has 126 valence electrons. The standard InChI is InChI=1S/C18H16N4O2S/c23-16-18(7-3-4-14-13(18)6-9-25-14)20-17(24)22(16)11-12-10-21-8-2-1-5-15(21)19-12/h1-2,5-6,8-10H,3-4,7,11H2,(H,20,24)/t18-/m1/s1. The minimum atomic E-state index is -0.885. The molecule has 0 aromatic carbocycles. The van der Waals surface area contributed by atoms with Gasteiger partial charge in [-0.3, -0.25) is 9.69 Å². The lowest BCUT2D eigenvalue weighted by Gasteiger charge is -2.31. The number of imidazole rings is 1. The molecule has 25 heavy (non-hydrogen) atoms. The predicted molar refractivity (Wildman–Crippen MR) is 93.2 cm³/mol. The number of rotatable bonds is 2. The van der Waals surface area contributed by atoms with Gasteiger partial charge in [-0.1, -0.05) is 6.07 Å². The number of thiophene rings is 1. The first kappa shape index (κ1) is 14.7. The zero-order valence-corrected chi connectivity index (χ0v) is 14.3. The van der Waals surface area contributed by atoms with E-state index in [1.165, 1.54) is 9.78 Å². The van der Waals surface area contributed by atoms with Gasteiger partial charge in [0.05, 0.1) is 12.2 Å². The molecule has 6 nitrogen and oxygen atoms in total. The van der Waals surface area contributed by atoms with E-state index in [0.29, 0.717) is 12.1 Å². The van der Waals surface area contributed by atoms with E-state index in [1.807, 2.05) is 46.4 Å². The number of aromatic nitrogens is 2. The van der Waals surface area contributed by atoms with Gasteiger partial charge in [0, 0.05) is 22.8 Å². The molecule has 7 heteroatoms. The van der Waals surface area contributed by atoms with Gasteiger partial charge in [-0.15, -0.1) is 11.3 Å². The number of hydrogen-bond acceptors (Lipinski definition) is 4. The molecule has 4 heterocycles. The molecule has 1 spiro atoms. The number of carbonyl (C=O) groups excluding carboxylic acids is 2. The van der Waals surface area contributed by atoms with Gasteiger partial charge in [-0.25, -0.2) is 9.78 Å². The summed E-state index contributed by atoms with van der Waals surface area (Å²) in [5, 5.41) is 4.98. The molecule has 1 aliphatic heterocycles. The molecular weight excluding hydrogens is 336 g/mol. The second-order valence-electron chi connectivity index (χ2n) is 6.54. The quantitative estimate of drug-likeness (QED) is 0.721. The number of nitrogens with zero attached hydrogens (tertiary/aromatic N) is 3. The minimum Gasteiger partial charge on any atom is -0.319 e. The highest BCUT2D eigenvalue weighted by Crippen LogP contribution is 2.42. The summed E-state index contributed by atoms with van der Waals surface area (Å²) in [5.41, 5.74) is 1.59. The molecule has 3 amide bonds. The molecule has 1 N–H and O–H groups in total. The number of aryl methyl sites for hydroxylation is 1. The van der Waals surface area contributed by atoms with E-state index in [4.69, 9.17) is 0 Å². The van der Waals surface area contributed by atoms with Crippen LogP contribution in [0.2, 0.25) is 0 Å². The molecule has 3 aromatic rings. The van der Waals surface area contributed by atoms with E-state index in [-0.39, 0.29) is 18.5 Å². The van der Waals surface area contributed by atoms with E-state index < -0.39 is 5.54 Å². The Labute approximate surface area is 148 Å². The zero-order chi connectivity index (χ0) is 17.0. The Kier molecular flexibility index (Phi) is 3.03. The van der Waals surface area contributed by atoms with Crippen molar-refractivity contribution in [2.45, 2.75) is 31.3 Å². The van der Waals surface area contributed by atoms with Gasteiger partial charge in [0.25, 0.3) is 5.91 Å². The van der Waals surface area contributed by atoms with Gasteiger partial charge < -0.3 is 9.72 Å². The number of fused-ring (bicyclic) bond motifs is 3. The molecule has 3 aromatic heterocycles. The third kappa shape index (κ3) is 2.05. The number of carbonyl (C=O) groups is 2. The largest absolute Gasteiger partial charge is 0.325 e. The summed E-state index contributed by atoms with van der Waals surface area (Å²) in [5.74, 6) is -0.158. The summed E-state index contributed by atoms with van der Waals surface area (Å²) in [7, 11) is 0. The van der Waals surface area contributed by atoms with Crippen molar-refractivity contribution in [1.29, 1.82) is 0 Å². The second kappa shape index (κ2) is 5.16. The Hall–Kier alpha value is -2.67. The van der Waals surface area contributed by atoms with Crippen LogP contribution in [0, 0.1) is 0 Å². The second-order valence-corrected chi connectivity index (χ2v) is 7.54. The summed E-state index contributed by atoms with van der Waals surface area (Å²) in [4.78, 5) is 32.8. The van der Waals surface area contributed by atoms with Crippen LogP contribution in [-0.4, -0.2) is 26.2 Å². The van der Waals surface area contributed by atoms with Crippen LogP contribution in [0.5, 0.6) is 0 Å². The first-order chi connectivity index (χ1) is 12.2.